The van der Waals surface area contributed by atoms with Crippen LogP contribution in [0.25, 0.3) is 0 Å². The van der Waals surface area contributed by atoms with E-state index in [-0.39, 0.29) is 0 Å². The first-order valence-corrected chi connectivity index (χ1v) is 3.55. The molecular weight excluding hydrogens is 171 g/mol. The van der Waals surface area contributed by atoms with Crippen molar-refractivity contribution in [3.63, 3.8) is 0 Å². The minimum Gasteiger partial charge on any atom is -0.344 e. The summed E-state index contributed by atoms with van der Waals surface area (Å²) in [5.41, 5.74) is 0. The minimum atomic E-state index is -0.480. The summed E-state index contributed by atoms with van der Waals surface area (Å²) in [6.45, 7) is -0.480. The van der Waals surface area contributed by atoms with E-state index in [1.807, 2.05) is 5.97 Å². The lowest BCUT2D eigenvalue weighted by atomic mass is 9.66. The zero-order valence-electron chi connectivity index (χ0n) is 4.94. The van der Waals surface area contributed by atoms with Crippen LogP contribution < -0.4 is 15.4 Å². The van der Waals surface area contributed by atoms with Gasteiger partial charge in [0.2, 0.25) is 0 Å². The molecule has 9 heteroatoms. The van der Waals surface area contributed by atoms with Gasteiger partial charge in [0.05, 0.1) is 0 Å². The smallest absolute Gasteiger partial charge is 0.344 e. The molecule has 0 amide bonds. The first-order valence-electron chi connectivity index (χ1n) is 2.68. The lowest BCUT2D eigenvalue weighted by molar-refractivity contribution is 1.23. The molecule has 0 atom stereocenters. The molecule has 4 nitrogen and oxygen atoms in total. The molecule has 0 unspecified atom stereocenters. The van der Waals surface area contributed by atoms with Gasteiger partial charge in [0.25, 0.3) is 0 Å². The van der Waals surface area contributed by atoms with E-state index in [4.69, 9.17) is 28.2 Å². The number of rotatable bonds is 0. The SMILES string of the molecule is N#CB1NB(Cl)NB(Cl)N1. The van der Waals surface area contributed by atoms with Gasteiger partial charge < -0.3 is 15.4 Å². The largest absolute Gasteiger partial charge is 0.410 e. The van der Waals surface area contributed by atoms with Crippen molar-refractivity contribution in [2.45, 2.75) is 0 Å². The fraction of sp³-hybridized carbons (Fsp3) is 0. The molecule has 1 rings (SSSR count). The van der Waals surface area contributed by atoms with E-state index in [1.165, 1.54) is 0 Å². The number of hydrogen-bond acceptors (Lipinski definition) is 4. The van der Waals surface area contributed by atoms with Crippen LogP contribution in [0.2, 0.25) is 0 Å². The Morgan fingerprint density at radius 1 is 1.10 bits per heavy atom. The zero-order valence-corrected chi connectivity index (χ0v) is 6.45. The van der Waals surface area contributed by atoms with Crippen molar-refractivity contribution < 1.29 is 0 Å². The van der Waals surface area contributed by atoms with Gasteiger partial charge in [-0.2, -0.15) is 22.9 Å². The summed E-state index contributed by atoms with van der Waals surface area (Å²) in [6.07, 6.45) is -0.901. The van der Waals surface area contributed by atoms with Gasteiger partial charge in [0.15, 0.2) is 0 Å². The van der Waals surface area contributed by atoms with E-state index in [0.29, 0.717) is 0 Å². The maximum atomic E-state index is 8.41. The summed E-state index contributed by atoms with van der Waals surface area (Å²) in [4.78, 5) is 0. The second kappa shape index (κ2) is 3.51. The Kier molecular flexibility index (Phi) is 2.89. The Labute approximate surface area is 69.8 Å². The quantitative estimate of drug-likeness (QED) is 0.403. The van der Waals surface area contributed by atoms with Crippen molar-refractivity contribution in [3.05, 3.63) is 0 Å². The number of hydrogen-bond donors (Lipinski definition) is 3. The van der Waals surface area contributed by atoms with Crippen molar-refractivity contribution in [1.29, 1.82) is 5.26 Å². The highest BCUT2D eigenvalue weighted by Crippen LogP contribution is 1.91. The predicted molar refractivity (Wildman–Crippen MR) is 44.0 cm³/mol. The molecule has 0 aromatic carbocycles. The van der Waals surface area contributed by atoms with E-state index >= 15 is 0 Å². The van der Waals surface area contributed by atoms with Crippen LogP contribution in [0.3, 0.4) is 0 Å². The van der Waals surface area contributed by atoms with Crippen LogP contribution in [0.15, 0.2) is 0 Å². The second-order valence-electron chi connectivity index (χ2n) is 1.79. The fourth-order valence-corrected chi connectivity index (χ4v) is 1.21. The Balaban J connectivity index is 2.44. The molecule has 0 spiro atoms. The lowest BCUT2D eigenvalue weighted by Crippen LogP contribution is -2.71. The lowest BCUT2D eigenvalue weighted by Gasteiger charge is -2.22. The number of halogens is 2. The molecule has 0 aromatic heterocycles. The van der Waals surface area contributed by atoms with Crippen molar-refractivity contribution in [2.75, 3.05) is 0 Å². The monoisotopic (exact) mass is 174 g/mol. The summed E-state index contributed by atoms with van der Waals surface area (Å²) in [7, 11) is 0. The third-order valence-electron chi connectivity index (χ3n) is 1.05. The molecule has 0 radical (unpaired) electrons. The van der Waals surface area contributed by atoms with Crippen LogP contribution in [0.5, 0.6) is 0 Å². The van der Waals surface area contributed by atoms with Gasteiger partial charge in [-0.3, -0.25) is 0 Å². The standard InChI is InChI=1S/CH3B3Cl2N4/c5-3-8-2(1-7)9-4(6)10-3/h8-10H. The van der Waals surface area contributed by atoms with Crippen molar-refractivity contribution in [3.8, 4) is 5.97 Å². The van der Waals surface area contributed by atoms with Crippen molar-refractivity contribution >= 4 is 42.7 Å². The van der Waals surface area contributed by atoms with Gasteiger partial charge in [-0.1, -0.05) is 0 Å². The highest BCUT2D eigenvalue weighted by atomic mass is 35.5. The molecule has 0 aromatic rings. The van der Waals surface area contributed by atoms with E-state index in [2.05, 4.69) is 15.4 Å². The topological polar surface area (TPSA) is 59.9 Å². The minimum absolute atomic E-state index is 0.451. The van der Waals surface area contributed by atoms with E-state index < -0.39 is 19.8 Å². The summed E-state index contributed by atoms with van der Waals surface area (Å²) in [5.74, 6) is 1.93. The van der Waals surface area contributed by atoms with Crippen LogP contribution in [0.1, 0.15) is 0 Å². The molecule has 1 aliphatic heterocycles. The Morgan fingerprint density at radius 3 is 2.00 bits per heavy atom. The second-order valence-corrected chi connectivity index (χ2v) is 2.66. The first kappa shape index (κ1) is 8.24. The van der Waals surface area contributed by atoms with Crippen molar-refractivity contribution in [2.24, 2.45) is 0 Å². The molecule has 1 saturated heterocycles. The Morgan fingerprint density at radius 2 is 1.60 bits per heavy atom. The predicted octanol–water partition coefficient (Wildman–Crippen LogP) is -1.23. The van der Waals surface area contributed by atoms with Crippen LogP contribution in [0.4, 0.5) is 0 Å². The first-order chi connectivity index (χ1) is 4.72. The maximum Gasteiger partial charge on any atom is 0.410 e. The van der Waals surface area contributed by atoms with Crippen LogP contribution in [-0.4, -0.2) is 19.8 Å². The summed E-state index contributed by atoms with van der Waals surface area (Å²) >= 11 is 11.2. The molecule has 50 valence electrons. The third kappa shape index (κ3) is 2.08. The van der Waals surface area contributed by atoms with Gasteiger partial charge >= 0.3 is 19.8 Å². The van der Waals surface area contributed by atoms with Gasteiger partial charge in [0, 0.05) is 5.97 Å². The number of nitrogens with one attached hydrogen (secondary N) is 3. The third-order valence-corrected chi connectivity index (χ3v) is 1.55. The Bertz CT molecular complexity index is 149. The van der Waals surface area contributed by atoms with Gasteiger partial charge in [0.1, 0.15) is 0 Å². The molecule has 0 bridgehead atoms. The number of nitriles is 1. The summed E-state index contributed by atoms with van der Waals surface area (Å²) < 4.78 is 0. The van der Waals surface area contributed by atoms with Crippen molar-refractivity contribution in [1.82, 2.24) is 15.4 Å². The maximum absolute atomic E-state index is 8.41. The van der Waals surface area contributed by atoms with Gasteiger partial charge in [-0.15, -0.1) is 0 Å². The molecule has 3 N–H and O–H groups in total. The molecule has 1 aliphatic rings. The molecular formula is CH3B3Cl2N4. The fourth-order valence-electron chi connectivity index (χ4n) is 0.640. The summed E-state index contributed by atoms with van der Waals surface area (Å²) in [6, 6.07) is 0. The summed E-state index contributed by atoms with van der Waals surface area (Å²) in [5, 5.41) is 16.5. The highest BCUT2D eigenvalue weighted by Gasteiger charge is 2.33. The molecule has 10 heavy (non-hydrogen) atoms. The molecule has 1 fully saturated rings. The average molecular weight is 174 g/mol. The Hall–Kier alpha value is 0.145. The van der Waals surface area contributed by atoms with Gasteiger partial charge in [-0.25, -0.2) is 5.26 Å². The number of nitrogens with zero attached hydrogens (tertiary/aromatic N) is 1. The van der Waals surface area contributed by atoms with Gasteiger partial charge in [-0.05, 0) is 0 Å². The van der Waals surface area contributed by atoms with E-state index in [1.54, 1.807) is 0 Å². The van der Waals surface area contributed by atoms with Crippen LogP contribution in [0, 0.1) is 11.2 Å². The molecule has 0 aliphatic carbocycles. The van der Waals surface area contributed by atoms with E-state index in [0.717, 1.165) is 0 Å². The molecule has 1 heterocycles. The van der Waals surface area contributed by atoms with Crippen LogP contribution in [-0.2, 0) is 0 Å². The van der Waals surface area contributed by atoms with E-state index in [9.17, 15) is 0 Å². The molecule has 0 saturated carbocycles. The highest BCUT2D eigenvalue weighted by molar-refractivity contribution is 7.20. The van der Waals surface area contributed by atoms with Crippen LogP contribution >= 0.6 is 22.9 Å². The zero-order chi connectivity index (χ0) is 7.56. The average Bonchev–Trinajstić information content (AvgIpc) is 1.85. The normalized spacial score (nSPS) is 19.1.